The number of aliphatic carboxylic acids is 2. The van der Waals surface area contributed by atoms with Crippen LogP contribution in [0.15, 0.2) is 79.3 Å². The highest BCUT2D eigenvalue weighted by Gasteiger charge is 2.39. The van der Waals surface area contributed by atoms with Gasteiger partial charge in [0.05, 0.1) is 23.6 Å². The molecular formula is C35H35F9N4O5. The number of carbonyl (C=O) groups excluding carboxylic acids is 1. The van der Waals surface area contributed by atoms with E-state index in [2.05, 4.69) is 21.8 Å². The van der Waals surface area contributed by atoms with E-state index >= 15 is 0 Å². The molecule has 1 fully saturated rings. The average molecular weight is 763 g/mol. The zero-order valence-corrected chi connectivity index (χ0v) is 28.0. The number of nitrogens with zero attached hydrogens (tertiary/aromatic N) is 3. The van der Waals surface area contributed by atoms with Gasteiger partial charge in [-0.2, -0.15) is 39.5 Å². The fourth-order valence-electron chi connectivity index (χ4n) is 5.65. The van der Waals surface area contributed by atoms with E-state index in [4.69, 9.17) is 19.8 Å². The fraction of sp³-hybridized carbons (Fsp3) is 0.371. The molecule has 288 valence electrons. The second-order valence-corrected chi connectivity index (χ2v) is 11.8. The number of H-pyrrole nitrogens is 1. The van der Waals surface area contributed by atoms with Crippen LogP contribution in [0, 0.1) is 0 Å². The molecule has 0 spiro atoms. The molecule has 9 nitrogen and oxygen atoms in total. The zero-order chi connectivity index (χ0) is 39.6. The third-order valence-electron chi connectivity index (χ3n) is 8.20. The molecule has 1 aliphatic rings. The van der Waals surface area contributed by atoms with E-state index in [1.165, 1.54) is 0 Å². The minimum absolute atomic E-state index is 0.0359. The molecule has 53 heavy (non-hydrogen) atoms. The molecule has 3 N–H and O–H groups in total. The van der Waals surface area contributed by atoms with E-state index in [0.29, 0.717) is 31.6 Å². The number of nitrogens with one attached hydrogen (secondary N) is 1. The normalized spacial score (nSPS) is 15.8. The number of imidazole rings is 1. The Morgan fingerprint density at radius 3 is 1.96 bits per heavy atom. The number of aromatic nitrogens is 2. The van der Waals surface area contributed by atoms with E-state index in [0.717, 1.165) is 53.4 Å². The number of alkyl halides is 9. The molecule has 2 heterocycles. The van der Waals surface area contributed by atoms with E-state index in [1.54, 1.807) is 24.7 Å². The molecule has 0 aliphatic carbocycles. The molecule has 5 rings (SSSR count). The Hall–Kier alpha value is -5.13. The summed E-state index contributed by atoms with van der Waals surface area (Å²) in [5.41, 5.74) is 1.81. The SMILES string of the molecule is CCCC[C@H]1CN(C(=O)c2cccc3ccccc23)CCN1C(Cc1ccc(C(F)(F)F)cc1)c1cnc[nH]1.O=C(O)C(F)(F)F.O=C(O)C(F)(F)F. The minimum Gasteiger partial charge on any atom is -0.475 e. The summed E-state index contributed by atoms with van der Waals surface area (Å²) in [6.45, 7) is 3.98. The van der Waals surface area contributed by atoms with Crippen molar-refractivity contribution in [2.45, 2.75) is 63.2 Å². The predicted molar refractivity (Wildman–Crippen MR) is 174 cm³/mol. The van der Waals surface area contributed by atoms with Crippen LogP contribution >= 0.6 is 0 Å². The molecule has 0 radical (unpaired) electrons. The maximum atomic E-state index is 13.7. The fourth-order valence-corrected chi connectivity index (χ4v) is 5.65. The Labute approximate surface area is 297 Å². The molecule has 0 bridgehead atoms. The monoisotopic (exact) mass is 762 g/mol. The zero-order valence-electron chi connectivity index (χ0n) is 28.0. The average Bonchev–Trinajstić information content (AvgIpc) is 3.64. The summed E-state index contributed by atoms with van der Waals surface area (Å²) < 4.78 is 103. The van der Waals surface area contributed by atoms with Gasteiger partial charge in [0.25, 0.3) is 5.91 Å². The third-order valence-corrected chi connectivity index (χ3v) is 8.20. The topological polar surface area (TPSA) is 127 Å². The van der Waals surface area contributed by atoms with Gasteiger partial charge in [0.1, 0.15) is 0 Å². The van der Waals surface area contributed by atoms with Gasteiger partial charge in [0.2, 0.25) is 0 Å². The lowest BCUT2D eigenvalue weighted by atomic mass is 9.95. The first kappa shape index (κ1) is 42.3. The first-order valence-electron chi connectivity index (χ1n) is 16.0. The second kappa shape index (κ2) is 18.1. The number of carboxylic acids is 2. The number of carboxylic acid groups (broad SMARTS) is 2. The summed E-state index contributed by atoms with van der Waals surface area (Å²) in [6.07, 6.45) is -7.58. The summed E-state index contributed by atoms with van der Waals surface area (Å²) in [5, 5.41) is 16.2. The number of benzene rings is 3. The highest BCUT2D eigenvalue weighted by atomic mass is 19.4. The molecular weight excluding hydrogens is 727 g/mol. The summed E-state index contributed by atoms with van der Waals surface area (Å²) in [6, 6.07) is 19.2. The molecule has 3 aromatic carbocycles. The molecule has 1 unspecified atom stereocenters. The van der Waals surface area contributed by atoms with Gasteiger partial charge in [-0.25, -0.2) is 14.6 Å². The number of carbonyl (C=O) groups is 3. The van der Waals surface area contributed by atoms with Crippen LogP contribution < -0.4 is 0 Å². The number of unbranched alkanes of at least 4 members (excludes halogenated alkanes) is 1. The summed E-state index contributed by atoms with van der Waals surface area (Å²) in [5.74, 6) is -5.48. The first-order chi connectivity index (χ1) is 24.7. The highest BCUT2D eigenvalue weighted by Crippen LogP contribution is 2.33. The smallest absolute Gasteiger partial charge is 0.475 e. The molecule has 1 aromatic heterocycles. The Kier molecular flexibility index (Phi) is 14.4. The number of rotatable bonds is 8. The number of amides is 1. The Bertz CT molecular complexity index is 1770. The first-order valence-corrected chi connectivity index (χ1v) is 16.0. The van der Waals surface area contributed by atoms with Gasteiger partial charge in [0, 0.05) is 37.4 Å². The van der Waals surface area contributed by atoms with Crippen LogP contribution in [0.4, 0.5) is 39.5 Å². The van der Waals surface area contributed by atoms with Crippen LogP contribution in [0.3, 0.4) is 0 Å². The van der Waals surface area contributed by atoms with Crippen LogP contribution in [0.5, 0.6) is 0 Å². The van der Waals surface area contributed by atoms with Crippen molar-refractivity contribution in [3.8, 4) is 0 Å². The van der Waals surface area contributed by atoms with Crippen molar-refractivity contribution in [2.24, 2.45) is 0 Å². The van der Waals surface area contributed by atoms with Crippen LogP contribution in [-0.4, -0.2) is 85.9 Å². The van der Waals surface area contributed by atoms with E-state index in [-0.39, 0.29) is 18.0 Å². The molecule has 4 aromatic rings. The van der Waals surface area contributed by atoms with Gasteiger partial charge in [0.15, 0.2) is 0 Å². The molecule has 2 atom stereocenters. The minimum atomic E-state index is -5.08. The largest absolute Gasteiger partial charge is 0.490 e. The quantitative estimate of drug-likeness (QED) is 0.155. The van der Waals surface area contributed by atoms with Gasteiger partial charge in [-0.3, -0.25) is 9.69 Å². The summed E-state index contributed by atoms with van der Waals surface area (Å²) in [7, 11) is 0. The molecule has 1 saturated heterocycles. The molecule has 18 heteroatoms. The summed E-state index contributed by atoms with van der Waals surface area (Å²) in [4.78, 5) is 43.4. The second-order valence-electron chi connectivity index (χ2n) is 11.8. The van der Waals surface area contributed by atoms with Crippen LogP contribution in [0.25, 0.3) is 10.8 Å². The van der Waals surface area contributed by atoms with Crippen molar-refractivity contribution in [3.63, 3.8) is 0 Å². The number of halogens is 9. The number of aromatic amines is 1. The standard InChI is InChI=1S/C31H33F3N4O.2C2HF3O2/c1-2-3-9-25-20-37(30(39)27-11-6-8-23-7-4-5-10-26(23)27)16-17-38(25)29(28-19-35-21-36-28)18-22-12-14-24(15-13-22)31(32,33)34;2*3-2(4,5)1(6)7/h4-8,10-15,19,21,25,29H,2-3,9,16-18,20H2,1H3,(H,35,36);2*(H,6,7)/t25-,29?;;/m0../s1. The lowest BCUT2D eigenvalue weighted by Gasteiger charge is -2.45. The third kappa shape index (κ3) is 12.2. The van der Waals surface area contributed by atoms with Gasteiger partial charge >= 0.3 is 30.5 Å². The van der Waals surface area contributed by atoms with Crippen molar-refractivity contribution in [1.82, 2.24) is 19.8 Å². The maximum absolute atomic E-state index is 13.7. The van der Waals surface area contributed by atoms with Crippen molar-refractivity contribution in [1.29, 1.82) is 0 Å². The predicted octanol–water partition coefficient (Wildman–Crippen LogP) is 8.15. The van der Waals surface area contributed by atoms with Crippen LogP contribution in [-0.2, 0) is 22.2 Å². The summed E-state index contributed by atoms with van der Waals surface area (Å²) >= 11 is 0. The van der Waals surface area contributed by atoms with Gasteiger partial charge in [-0.05, 0) is 47.4 Å². The maximum Gasteiger partial charge on any atom is 0.490 e. The van der Waals surface area contributed by atoms with Crippen molar-refractivity contribution in [3.05, 3.63) is 102 Å². The lowest BCUT2D eigenvalue weighted by molar-refractivity contribution is -0.193. The van der Waals surface area contributed by atoms with Crippen molar-refractivity contribution >= 4 is 28.6 Å². The van der Waals surface area contributed by atoms with Crippen LogP contribution in [0.2, 0.25) is 0 Å². The molecule has 0 saturated carbocycles. The highest BCUT2D eigenvalue weighted by molar-refractivity contribution is 6.07. The Morgan fingerprint density at radius 1 is 0.849 bits per heavy atom. The lowest BCUT2D eigenvalue weighted by Crippen LogP contribution is -2.56. The number of fused-ring (bicyclic) bond motifs is 1. The van der Waals surface area contributed by atoms with E-state index < -0.39 is 36.0 Å². The van der Waals surface area contributed by atoms with E-state index in [9.17, 15) is 44.3 Å². The molecule has 1 amide bonds. The Balaban J connectivity index is 0.000000458. The van der Waals surface area contributed by atoms with Crippen molar-refractivity contribution < 1.29 is 64.1 Å². The van der Waals surface area contributed by atoms with Gasteiger partial charge < -0.3 is 20.1 Å². The number of hydrogen-bond donors (Lipinski definition) is 3. The Morgan fingerprint density at radius 2 is 1.43 bits per heavy atom. The van der Waals surface area contributed by atoms with Gasteiger partial charge in [-0.1, -0.05) is 68.3 Å². The van der Waals surface area contributed by atoms with Crippen LogP contribution in [0.1, 0.15) is 59.4 Å². The van der Waals surface area contributed by atoms with Gasteiger partial charge in [-0.15, -0.1) is 0 Å². The van der Waals surface area contributed by atoms with E-state index in [1.807, 2.05) is 47.4 Å². The molecule has 1 aliphatic heterocycles. The number of piperazine rings is 1. The number of hydrogen-bond acceptors (Lipinski definition) is 5. The van der Waals surface area contributed by atoms with Crippen molar-refractivity contribution in [2.75, 3.05) is 19.6 Å².